The van der Waals surface area contributed by atoms with Crippen LogP contribution in [-0.2, 0) is 4.74 Å². The highest BCUT2D eigenvalue weighted by molar-refractivity contribution is 5.89. The number of benzene rings is 1. The molecule has 1 aromatic carbocycles. The Kier molecular flexibility index (Phi) is 5.87. The lowest BCUT2D eigenvalue weighted by Gasteiger charge is -2.22. The molecule has 1 heterocycles. The fourth-order valence-electron chi connectivity index (χ4n) is 2.44. The number of nitrogens with one attached hydrogen (secondary N) is 1. The van der Waals surface area contributed by atoms with E-state index >= 15 is 0 Å². The molecule has 2 rings (SSSR count). The lowest BCUT2D eigenvalue weighted by molar-refractivity contribution is 0.0526. The normalized spacial score (nSPS) is 18.6. The third-order valence-corrected chi connectivity index (χ3v) is 3.54. The summed E-state index contributed by atoms with van der Waals surface area (Å²) in [6, 6.07) is 7.19. The fraction of sp³-hybridized carbons (Fsp3) is 0.562. The van der Waals surface area contributed by atoms with E-state index in [2.05, 4.69) is 5.32 Å². The van der Waals surface area contributed by atoms with Gasteiger partial charge in [0, 0.05) is 0 Å². The highest BCUT2D eigenvalue weighted by Crippen LogP contribution is 2.17. The first-order valence-electron chi connectivity index (χ1n) is 7.40. The Morgan fingerprint density at radius 1 is 1.45 bits per heavy atom. The van der Waals surface area contributed by atoms with Gasteiger partial charge in [-0.3, -0.25) is 0 Å². The summed E-state index contributed by atoms with van der Waals surface area (Å²) in [5, 5.41) is 3.40. The number of carbonyl (C=O) groups is 1. The zero-order chi connectivity index (χ0) is 14.2. The second kappa shape index (κ2) is 7.90. The summed E-state index contributed by atoms with van der Waals surface area (Å²) in [6.45, 7) is 5.11. The predicted octanol–water partition coefficient (Wildman–Crippen LogP) is 2.63. The van der Waals surface area contributed by atoms with Gasteiger partial charge < -0.3 is 14.8 Å². The van der Waals surface area contributed by atoms with Gasteiger partial charge in [-0.05, 0) is 63.4 Å². The molecule has 0 bridgehead atoms. The molecule has 0 spiro atoms. The van der Waals surface area contributed by atoms with E-state index in [9.17, 15) is 4.79 Å². The van der Waals surface area contributed by atoms with Crippen molar-refractivity contribution in [1.29, 1.82) is 0 Å². The van der Waals surface area contributed by atoms with Crippen LogP contribution in [-0.4, -0.2) is 32.3 Å². The van der Waals surface area contributed by atoms with Crippen LogP contribution in [0.15, 0.2) is 24.3 Å². The van der Waals surface area contributed by atoms with Crippen LogP contribution in [0.25, 0.3) is 0 Å². The van der Waals surface area contributed by atoms with Crippen LogP contribution >= 0.6 is 0 Å². The molecule has 4 nitrogen and oxygen atoms in total. The van der Waals surface area contributed by atoms with E-state index in [0.29, 0.717) is 24.7 Å². The maximum absolute atomic E-state index is 11.6. The summed E-state index contributed by atoms with van der Waals surface area (Å²) in [4.78, 5) is 11.6. The fourth-order valence-corrected chi connectivity index (χ4v) is 2.44. The van der Waals surface area contributed by atoms with Gasteiger partial charge in [0.05, 0.1) is 18.8 Å². The van der Waals surface area contributed by atoms with Gasteiger partial charge >= 0.3 is 5.97 Å². The maximum Gasteiger partial charge on any atom is 0.338 e. The molecular formula is C16H23NO3. The van der Waals surface area contributed by atoms with Crippen molar-refractivity contribution in [2.45, 2.75) is 26.2 Å². The Bertz CT molecular complexity index is 427. The highest BCUT2D eigenvalue weighted by Gasteiger charge is 2.13. The zero-order valence-corrected chi connectivity index (χ0v) is 12.1. The molecule has 20 heavy (non-hydrogen) atoms. The summed E-state index contributed by atoms with van der Waals surface area (Å²) in [7, 11) is 0. The minimum absolute atomic E-state index is 0.297. The van der Waals surface area contributed by atoms with E-state index in [1.54, 1.807) is 19.1 Å². The maximum atomic E-state index is 11.6. The highest BCUT2D eigenvalue weighted by atomic mass is 16.5. The van der Waals surface area contributed by atoms with Crippen LogP contribution in [0.5, 0.6) is 5.75 Å². The first kappa shape index (κ1) is 14.9. The van der Waals surface area contributed by atoms with E-state index in [1.165, 1.54) is 12.8 Å². The first-order valence-corrected chi connectivity index (χ1v) is 7.40. The monoisotopic (exact) mass is 277 g/mol. The van der Waals surface area contributed by atoms with Crippen LogP contribution in [0.4, 0.5) is 0 Å². The standard InChI is InChI=1S/C16H23NO3/c1-2-19-16(18)14-6-3-7-15(11-14)20-10-8-13-5-4-9-17-12-13/h3,6-7,11,13,17H,2,4-5,8-10,12H2,1H3. The van der Waals surface area contributed by atoms with Crippen molar-refractivity contribution in [3.05, 3.63) is 29.8 Å². The van der Waals surface area contributed by atoms with Crippen molar-refractivity contribution in [1.82, 2.24) is 5.32 Å². The lowest BCUT2D eigenvalue weighted by atomic mass is 9.97. The Morgan fingerprint density at radius 2 is 2.35 bits per heavy atom. The van der Waals surface area contributed by atoms with Crippen LogP contribution in [0.3, 0.4) is 0 Å². The molecule has 0 aliphatic carbocycles. The van der Waals surface area contributed by atoms with Gasteiger partial charge in [0.25, 0.3) is 0 Å². The quantitative estimate of drug-likeness (QED) is 0.812. The molecular weight excluding hydrogens is 254 g/mol. The Balaban J connectivity index is 1.80. The van der Waals surface area contributed by atoms with Gasteiger partial charge in [-0.1, -0.05) is 6.07 Å². The van der Waals surface area contributed by atoms with E-state index in [1.807, 2.05) is 12.1 Å². The number of ether oxygens (including phenoxy) is 2. The SMILES string of the molecule is CCOC(=O)c1cccc(OCCC2CCCNC2)c1. The van der Waals surface area contributed by atoms with Crippen molar-refractivity contribution in [3.63, 3.8) is 0 Å². The summed E-state index contributed by atoms with van der Waals surface area (Å²) in [5.74, 6) is 1.14. The molecule has 1 aliphatic heterocycles. The van der Waals surface area contributed by atoms with E-state index in [-0.39, 0.29) is 5.97 Å². The van der Waals surface area contributed by atoms with Gasteiger partial charge in [0.15, 0.2) is 0 Å². The van der Waals surface area contributed by atoms with Crippen LogP contribution < -0.4 is 10.1 Å². The Labute approximate surface area is 120 Å². The zero-order valence-electron chi connectivity index (χ0n) is 12.1. The smallest absolute Gasteiger partial charge is 0.338 e. The lowest BCUT2D eigenvalue weighted by Crippen LogP contribution is -2.30. The Hall–Kier alpha value is -1.55. The van der Waals surface area contributed by atoms with Crippen LogP contribution in [0, 0.1) is 5.92 Å². The minimum atomic E-state index is -0.297. The number of piperidine rings is 1. The van der Waals surface area contributed by atoms with Crippen molar-refractivity contribution in [2.24, 2.45) is 5.92 Å². The second-order valence-electron chi connectivity index (χ2n) is 5.10. The first-order chi connectivity index (χ1) is 9.79. The van der Waals surface area contributed by atoms with Crippen molar-refractivity contribution in [3.8, 4) is 5.75 Å². The van der Waals surface area contributed by atoms with Crippen molar-refractivity contribution >= 4 is 5.97 Å². The van der Waals surface area contributed by atoms with Gasteiger partial charge in [0.2, 0.25) is 0 Å². The molecule has 1 atom stereocenters. The molecule has 1 fully saturated rings. The number of carbonyl (C=O) groups excluding carboxylic acids is 1. The van der Waals surface area contributed by atoms with Crippen LogP contribution in [0.2, 0.25) is 0 Å². The molecule has 0 amide bonds. The number of hydrogen-bond donors (Lipinski definition) is 1. The molecule has 0 aromatic heterocycles. The summed E-state index contributed by atoms with van der Waals surface area (Å²) >= 11 is 0. The average molecular weight is 277 g/mol. The van der Waals surface area contributed by atoms with Crippen LogP contribution in [0.1, 0.15) is 36.5 Å². The minimum Gasteiger partial charge on any atom is -0.494 e. The van der Waals surface area contributed by atoms with Crippen molar-refractivity contribution in [2.75, 3.05) is 26.3 Å². The molecule has 1 aliphatic rings. The van der Waals surface area contributed by atoms with Gasteiger partial charge in [0.1, 0.15) is 5.75 Å². The molecule has 4 heteroatoms. The summed E-state index contributed by atoms with van der Waals surface area (Å²) in [6.07, 6.45) is 3.58. The largest absolute Gasteiger partial charge is 0.494 e. The van der Waals surface area contributed by atoms with Gasteiger partial charge in [-0.15, -0.1) is 0 Å². The Morgan fingerprint density at radius 3 is 3.10 bits per heavy atom. The van der Waals surface area contributed by atoms with Crippen molar-refractivity contribution < 1.29 is 14.3 Å². The third kappa shape index (κ3) is 4.53. The number of hydrogen-bond acceptors (Lipinski definition) is 4. The summed E-state index contributed by atoms with van der Waals surface area (Å²) in [5.41, 5.74) is 0.545. The second-order valence-corrected chi connectivity index (χ2v) is 5.10. The van der Waals surface area contributed by atoms with Gasteiger partial charge in [-0.25, -0.2) is 4.79 Å². The molecule has 110 valence electrons. The topological polar surface area (TPSA) is 47.6 Å². The third-order valence-electron chi connectivity index (χ3n) is 3.54. The molecule has 1 N–H and O–H groups in total. The molecule has 1 aromatic rings. The van der Waals surface area contributed by atoms with E-state index < -0.39 is 0 Å². The molecule has 0 saturated carbocycles. The molecule has 1 saturated heterocycles. The van der Waals surface area contributed by atoms with Gasteiger partial charge in [-0.2, -0.15) is 0 Å². The summed E-state index contributed by atoms with van der Waals surface area (Å²) < 4.78 is 10.7. The van der Waals surface area contributed by atoms with E-state index in [0.717, 1.165) is 25.3 Å². The number of rotatable bonds is 6. The molecule has 0 radical (unpaired) electrons. The number of esters is 1. The average Bonchev–Trinajstić information content (AvgIpc) is 2.49. The molecule has 1 unspecified atom stereocenters. The van der Waals surface area contributed by atoms with E-state index in [4.69, 9.17) is 9.47 Å². The predicted molar refractivity (Wildman–Crippen MR) is 78.1 cm³/mol.